The van der Waals surface area contributed by atoms with E-state index in [9.17, 15) is 18.0 Å². The number of carbonyl (C=O) groups is 1. The van der Waals surface area contributed by atoms with Crippen molar-refractivity contribution in [3.63, 3.8) is 0 Å². The molecule has 0 saturated carbocycles. The summed E-state index contributed by atoms with van der Waals surface area (Å²) in [5.41, 5.74) is 0. The fourth-order valence-electron chi connectivity index (χ4n) is 0.759. The molecule has 0 bridgehead atoms. The molecule has 0 atom stereocenters. The summed E-state index contributed by atoms with van der Waals surface area (Å²) in [6.45, 7) is 2.70. The van der Waals surface area contributed by atoms with Crippen LogP contribution >= 0.6 is 0 Å². The van der Waals surface area contributed by atoms with Crippen LogP contribution in [0.4, 0.5) is 18.0 Å². The van der Waals surface area contributed by atoms with Crippen LogP contribution in [-0.4, -0.2) is 19.6 Å². The van der Waals surface area contributed by atoms with Crippen LogP contribution < -0.4 is 0 Å². The van der Waals surface area contributed by atoms with E-state index in [4.69, 9.17) is 0 Å². The van der Waals surface area contributed by atoms with Crippen molar-refractivity contribution in [2.75, 3.05) is 7.11 Å². The number of hydrogen-bond acceptors (Lipinski definition) is 4. The van der Waals surface area contributed by atoms with Gasteiger partial charge < -0.3 is 14.2 Å². The Morgan fingerprint density at radius 2 is 1.62 bits per heavy atom. The zero-order chi connectivity index (χ0) is 12.8. The van der Waals surface area contributed by atoms with Crippen molar-refractivity contribution in [2.24, 2.45) is 0 Å². The topological polar surface area (TPSA) is 44.8 Å². The third-order valence-corrected chi connectivity index (χ3v) is 1.35. The second-order valence-electron chi connectivity index (χ2n) is 2.41. The molecule has 0 aliphatic heterocycles. The van der Waals surface area contributed by atoms with Gasteiger partial charge in [0.1, 0.15) is 0 Å². The number of carbonyl (C=O) groups excluding carboxylic acids is 1. The van der Waals surface area contributed by atoms with Crippen LogP contribution in [0.15, 0.2) is 23.7 Å². The first-order chi connectivity index (χ1) is 7.34. The maximum Gasteiger partial charge on any atom is 0.573 e. The SMILES string of the molecule is CC=C(OC(=O)OC)C(=CC)OC(F)(F)F. The number of methoxy groups -OCH3 is 1. The first-order valence-corrected chi connectivity index (χ1v) is 4.18. The Hall–Kier alpha value is -1.66. The number of allylic oxidation sites excluding steroid dienone is 2. The standard InChI is InChI=1S/C9H11F3O4/c1-4-6(15-8(13)14-3)7(5-2)16-9(10,11)12/h4-5H,1-3H3. The zero-order valence-electron chi connectivity index (χ0n) is 8.92. The van der Waals surface area contributed by atoms with E-state index >= 15 is 0 Å². The maximum absolute atomic E-state index is 11.9. The van der Waals surface area contributed by atoms with E-state index in [0.29, 0.717) is 0 Å². The summed E-state index contributed by atoms with van der Waals surface area (Å²) in [7, 11) is 1.04. The van der Waals surface area contributed by atoms with E-state index in [2.05, 4.69) is 14.2 Å². The quantitative estimate of drug-likeness (QED) is 0.432. The van der Waals surface area contributed by atoms with E-state index in [1.807, 2.05) is 0 Å². The smallest absolute Gasteiger partial charge is 0.437 e. The highest BCUT2D eigenvalue weighted by atomic mass is 19.4. The second kappa shape index (κ2) is 6.04. The van der Waals surface area contributed by atoms with Crippen LogP contribution in [0.3, 0.4) is 0 Å². The minimum Gasteiger partial charge on any atom is -0.437 e. The molecule has 0 aliphatic carbocycles. The molecule has 0 rings (SSSR count). The van der Waals surface area contributed by atoms with Gasteiger partial charge in [0.15, 0.2) is 11.5 Å². The van der Waals surface area contributed by atoms with E-state index in [1.54, 1.807) is 0 Å². The molecule has 0 aliphatic rings. The first kappa shape index (κ1) is 14.3. The Morgan fingerprint density at radius 3 is 1.94 bits per heavy atom. The molecule has 0 radical (unpaired) electrons. The van der Waals surface area contributed by atoms with Crippen molar-refractivity contribution in [3.05, 3.63) is 23.7 Å². The Kier molecular flexibility index (Phi) is 5.41. The molecule has 0 aromatic carbocycles. The van der Waals surface area contributed by atoms with Gasteiger partial charge in [-0.05, 0) is 26.0 Å². The van der Waals surface area contributed by atoms with Gasteiger partial charge >= 0.3 is 12.5 Å². The zero-order valence-corrected chi connectivity index (χ0v) is 8.92. The minimum atomic E-state index is -4.85. The first-order valence-electron chi connectivity index (χ1n) is 4.18. The average Bonchev–Trinajstić information content (AvgIpc) is 2.21. The van der Waals surface area contributed by atoms with Gasteiger partial charge in [0.2, 0.25) is 0 Å². The third-order valence-electron chi connectivity index (χ3n) is 1.35. The van der Waals surface area contributed by atoms with Gasteiger partial charge in [0.05, 0.1) is 7.11 Å². The van der Waals surface area contributed by atoms with Crippen molar-refractivity contribution in [1.29, 1.82) is 0 Å². The lowest BCUT2D eigenvalue weighted by molar-refractivity contribution is -0.305. The van der Waals surface area contributed by atoms with Crippen LogP contribution in [-0.2, 0) is 14.2 Å². The van der Waals surface area contributed by atoms with E-state index in [0.717, 1.165) is 19.3 Å². The average molecular weight is 240 g/mol. The minimum absolute atomic E-state index is 0.369. The van der Waals surface area contributed by atoms with Gasteiger partial charge in [0.25, 0.3) is 0 Å². The van der Waals surface area contributed by atoms with Gasteiger partial charge in [-0.3, -0.25) is 0 Å². The van der Waals surface area contributed by atoms with E-state index < -0.39 is 18.3 Å². The van der Waals surface area contributed by atoms with Gasteiger partial charge in [-0.2, -0.15) is 0 Å². The third kappa shape index (κ3) is 5.28. The molecule has 0 spiro atoms. The molecule has 4 nitrogen and oxygen atoms in total. The number of ether oxygens (including phenoxy) is 3. The Balaban J connectivity index is 4.74. The Labute approximate surface area is 90.3 Å². The predicted octanol–water partition coefficient (Wildman–Crippen LogP) is 3.11. The Morgan fingerprint density at radius 1 is 1.12 bits per heavy atom. The normalized spacial score (nSPS) is 13.4. The van der Waals surface area contributed by atoms with Gasteiger partial charge in [-0.1, -0.05) is 0 Å². The summed E-state index contributed by atoms with van der Waals surface area (Å²) in [6.07, 6.45) is -3.81. The summed E-state index contributed by atoms with van der Waals surface area (Å²) in [6, 6.07) is 0. The summed E-state index contributed by atoms with van der Waals surface area (Å²) >= 11 is 0. The molecule has 0 aromatic heterocycles. The largest absolute Gasteiger partial charge is 0.573 e. The monoisotopic (exact) mass is 240 g/mol. The number of rotatable bonds is 3. The van der Waals surface area contributed by atoms with Crippen LogP contribution in [0.1, 0.15) is 13.8 Å². The lowest BCUT2D eigenvalue weighted by Crippen LogP contribution is -2.16. The van der Waals surface area contributed by atoms with Gasteiger partial charge in [0, 0.05) is 0 Å². The molecule has 0 aromatic rings. The summed E-state index contributed by atoms with van der Waals surface area (Å²) < 4.78 is 48.1. The van der Waals surface area contributed by atoms with Gasteiger partial charge in [-0.25, -0.2) is 4.79 Å². The lowest BCUT2D eigenvalue weighted by atomic mass is 10.3. The fraction of sp³-hybridized carbons (Fsp3) is 0.444. The lowest BCUT2D eigenvalue weighted by Gasteiger charge is -2.14. The fourth-order valence-corrected chi connectivity index (χ4v) is 0.759. The number of halogens is 3. The molecule has 7 heteroatoms. The van der Waals surface area contributed by atoms with Crippen LogP contribution in [0, 0.1) is 0 Å². The van der Waals surface area contributed by atoms with Crippen LogP contribution in [0.5, 0.6) is 0 Å². The maximum atomic E-state index is 11.9. The molecular weight excluding hydrogens is 229 g/mol. The molecule has 0 saturated heterocycles. The predicted molar refractivity (Wildman–Crippen MR) is 48.1 cm³/mol. The summed E-state index contributed by atoms with van der Waals surface area (Å²) in [4.78, 5) is 10.7. The van der Waals surface area contributed by atoms with Crippen molar-refractivity contribution < 1.29 is 32.2 Å². The summed E-state index contributed by atoms with van der Waals surface area (Å²) in [5, 5.41) is 0. The Bertz CT molecular complexity index is 304. The highest BCUT2D eigenvalue weighted by molar-refractivity contribution is 5.62. The second-order valence-corrected chi connectivity index (χ2v) is 2.41. The van der Waals surface area contributed by atoms with Crippen LogP contribution in [0.25, 0.3) is 0 Å². The number of alkyl halides is 3. The molecule has 0 heterocycles. The molecule has 0 amide bonds. The summed E-state index contributed by atoms with van der Waals surface area (Å²) in [5.74, 6) is -0.980. The van der Waals surface area contributed by atoms with Gasteiger partial charge in [-0.15, -0.1) is 13.2 Å². The number of hydrogen-bond donors (Lipinski definition) is 0. The van der Waals surface area contributed by atoms with Crippen molar-refractivity contribution in [3.8, 4) is 0 Å². The van der Waals surface area contributed by atoms with E-state index in [1.165, 1.54) is 13.8 Å². The van der Waals surface area contributed by atoms with Crippen molar-refractivity contribution >= 4 is 6.16 Å². The highest BCUT2D eigenvalue weighted by Gasteiger charge is 2.33. The molecule has 0 unspecified atom stereocenters. The molecule has 92 valence electrons. The van der Waals surface area contributed by atoms with Crippen molar-refractivity contribution in [2.45, 2.75) is 20.2 Å². The van der Waals surface area contributed by atoms with Crippen LogP contribution in [0.2, 0.25) is 0 Å². The molecule has 0 N–H and O–H groups in total. The highest BCUT2D eigenvalue weighted by Crippen LogP contribution is 2.25. The molecular formula is C9H11F3O4. The van der Waals surface area contributed by atoms with E-state index in [-0.39, 0.29) is 5.76 Å². The molecule has 16 heavy (non-hydrogen) atoms. The molecule has 0 fully saturated rings. The van der Waals surface area contributed by atoms with Crippen molar-refractivity contribution in [1.82, 2.24) is 0 Å².